The van der Waals surface area contributed by atoms with Gasteiger partial charge in [0.05, 0.1) is 0 Å². The maximum absolute atomic E-state index is 11.8. The van der Waals surface area contributed by atoms with Crippen LogP contribution < -0.4 is 5.73 Å². The molecule has 0 aliphatic heterocycles. The Kier molecular flexibility index (Phi) is 4.96. The van der Waals surface area contributed by atoms with Gasteiger partial charge >= 0.3 is 6.18 Å². The first-order valence-electron chi connectivity index (χ1n) is 5.36. The molecule has 0 aliphatic rings. The zero-order valence-corrected chi connectivity index (χ0v) is 9.63. The number of ether oxygens (including phenoxy) is 1. The predicted molar refractivity (Wildman–Crippen MR) is 59.6 cm³/mol. The summed E-state index contributed by atoms with van der Waals surface area (Å²) in [7, 11) is 0. The first-order chi connectivity index (χ1) is 7.90. The second-order valence-electron chi connectivity index (χ2n) is 3.92. The minimum atomic E-state index is -4.27. The highest BCUT2D eigenvalue weighted by Gasteiger charge is 2.27. The number of alkyl halides is 3. The van der Waals surface area contributed by atoms with Gasteiger partial charge in [-0.3, -0.25) is 0 Å². The number of hydrogen-bond donors (Lipinski definition) is 1. The molecule has 5 heteroatoms. The zero-order valence-electron chi connectivity index (χ0n) is 9.63. The molecule has 2 nitrogen and oxygen atoms in total. The van der Waals surface area contributed by atoms with Gasteiger partial charge in [0.25, 0.3) is 0 Å². The van der Waals surface area contributed by atoms with Crippen LogP contribution in [-0.4, -0.2) is 19.4 Å². The van der Waals surface area contributed by atoms with E-state index in [1.807, 2.05) is 31.2 Å². The Hall–Kier alpha value is -1.07. The van der Waals surface area contributed by atoms with E-state index in [1.54, 1.807) is 0 Å². The van der Waals surface area contributed by atoms with Crippen LogP contribution in [0.5, 0.6) is 0 Å². The van der Waals surface area contributed by atoms with E-state index in [9.17, 15) is 13.2 Å². The molecule has 0 saturated heterocycles. The summed E-state index contributed by atoms with van der Waals surface area (Å²) >= 11 is 0. The average Bonchev–Trinajstić information content (AvgIpc) is 2.23. The molecular formula is C12H16F3NO. The van der Waals surface area contributed by atoms with Crippen molar-refractivity contribution in [2.45, 2.75) is 25.6 Å². The van der Waals surface area contributed by atoms with Crippen molar-refractivity contribution in [2.75, 3.05) is 13.2 Å². The van der Waals surface area contributed by atoms with Crippen LogP contribution in [0, 0.1) is 6.92 Å². The number of aryl methyl sites for hydroxylation is 1. The molecule has 1 aromatic carbocycles. The van der Waals surface area contributed by atoms with Crippen LogP contribution in [0.2, 0.25) is 0 Å². The summed E-state index contributed by atoms with van der Waals surface area (Å²) in [6.07, 6.45) is -3.90. The summed E-state index contributed by atoms with van der Waals surface area (Å²) in [6.45, 7) is 0.717. The van der Waals surface area contributed by atoms with E-state index in [1.165, 1.54) is 0 Å². The average molecular weight is 247 g/mol. The standard InChI is InChI=1S/C12H16F3NO/c1-9-4-2-3-5-10(9)11(16)6-7-17-8-12(13,14)15/h2-5,11H,6-8,16H2,1H3. The van der Waals surface area contributed by atoms with Crippen molar-refractivity contribution in [1.82, 2.24) is 0 Å². The van der Waals surface area contributed by atoms with Gasteiger partial charge in [-0.25, -0.2) is 0 Å². The highest BCUT2D eigenvalue weighted by Crippen LogP contribution is 2.19. The monoisotopic (exact) mass is 247 g/mol. The van der Waals surface area contributed by atoms with Gasteiger partial charge in [0.2, 0.25) is 0 Å². The number of halogens is 3. The first-order valence-corrected chi connectivity index (χ1v) is 5.36. The molecule has 0 amide bonds. The van der Waals surface area contributed by atoms with Crippen LogP contribution in [-0.2, 0) is 4.74 Å². The maximum atomic E-state index is 11.8. The fourth-order valence-corrected chi connectivity index (χ4v) is 1.56. The minimum Gasteiger partial charge on any atom is -0.372 e. The van der Waals surface area contributed by atoms with E-state index in [-0.39, 0.29) is 12.6 Å². The summed E-state index contributed by atoms with van der Waals surface area (Å²) in [5, 5.41) is 0. The van der Waals surface area contributed by atoms with Crippen LogP contribution in [0.3, 0.4) is 0 Å². The molecule has 1 atom stereocenters. The SMILES string of the molecule is Cc1ccccc1C(N)CCOCC(F)(F)F. The van der Waals surface area contributed by atoms with E-state index >= 15 is 0 Å². The Labute approximate surface area is 98.6 Å². The summed E-state index contributed by atoms with van der Waals surface area (Å²) in [5.74, 6) is 0. The molecule has 0 radical (unpaired) electrons. The number of nitrogens with two attached hydrogens (primary N) is 1. The lowest BCUT2D eigenvalue weighted by molar-refractivity contribution is -0.174. The number of rotatable bonds is 5. The Morgan fingerprint density at radius 3 is 2.53 bits per heavy atom. The second-order valence-corrected chi connectivity index (χ2v) is 3.92. The molecule has 1 rings (SSSR count). The molecule has 96 valence electrons. The van der Waals surface area contributed by atoms with Gasteiger partial charge in [-0.1, -0.05) is 24.3 Å². The van der Waals surface area contributed by atoms with Gasteiger partial charge in [-0.15, -0.1) is 0 Å². The van der Waals surface area contributed by atoms with Crippen molar-refractivity contribution in [2.24, 2.45) is 5.73 Å². The Bertz CT molecular complexity index is 352. The molecular weight excluding hydrogens is 231 g/mol. The van der Waals surface area contributed by atoms with Crippen molar-refractivity contribution in [3.8, 4) is 0 Å². The van der Waals surface area contributed by atoms with E-state index in [0.717, 1.165) is 11.1 Å². The molecule has 0 fully saturated rings. The van der Waals surface area contributed by atoms with Crippen molar-refractivity contribution in [1.29, 1.82) is 0 Å². The maximum Gasteiger partial charge on any atom is 0.411 e. The molecule has 1 aromatic rings. The van der Waals surface area contributed by atoms with Crippen LogP contribution >= 0.6 is 0 Å². The van der Waals surface area contributed by atoms with Gasteiger partial charge in [0, 0.05) is 12.6 Å². The van der Waals surface area contributed by atoms with Gasteiger partial charge in [0.15, 0.2) is 0 Å². The van der Waals surface area contributed by atoms with Crippen LogP contribution in [0.1, 0.15) is 23.6 Å². The van der Waals surface area contributed by atoms with Gasteiger partial charge in [-0.05, 0) is 24.5 Å². The van der Waals surface area contributed by atoms with E-state index in [2.05, 4.69) is 4.74 Å². The summed E-state index contributed by atoms with van der Waals surface area (Å²) in [5.41, 5.74) is 7.87. The molecule has 1 unspecified atom stereocenters. The highest BCUT2D eigenvalue weighted by atomic mass is 19.4. The summed E-state index contributed by atoms with van der Waals surface area (Å²) in [6, 6.07) is 7.27. The van der Waals surface area contributed by atoms with Crippen molar-refractivity contribution in [3.63, 3.8) is 0 Å². The van der Waals surface area contributed by atoms with Gasteiger partial charge in [0.1, 0.15) is 6.61 Å². The summed E-state index contributed by atoms with van der Waals surface area (Å²) < 4.78 is 40.0. The van der Waals surface area contributed by atoms with Crippen molar-refractivity contribution >= 4 is 0 Å². The van der Waals surface area contributed by atoms with Gasteiger partial charge < -0.3 is 10.5 Å². The molecule has 0 spiro atoms. The van der Waals surface area contributed by atoms with E-state index in [0.29, 0.717) is 6.42 Å². The molecule has 0 aliphatic carbocycles. The Morgan fingerprint density at radius 2 is 1.94 bits per heavy atom. The van der Waals surface area contributed by atoms with Crippen LogP contribution in [0.15, 0.2) is 24.3 Å². The third-order valence-corrected chi connectivity index (χ3v) is 2.43. The fourth-order valence-electron chi connectivity index (χ4n) is 1.56. The molecule has 0 aromatic heterocycles. The quantitative estimate of drug-likeness (QED) is 0.812. The van der Waals surface area contributed by atoms with Crippen LogP contribution in [0.25, 0.3) is 0 Å². The van der Waals surface area contributed by atoms with Crippen molar-refractivity contribution < 1.29 is 17.9 Å². The Balaban J connectivity index is 2.36. The van der Waals surface area contributed by atoms with Crippen LogP contribution in [0.4, 0.5) is 13.2 Å². The van der Waals surface area contributed by atoms with Gasteiger partial charge in [-0.2, -0.15) is 13.2 Å². The lowest BCUT2D eigenvalue weighted by atomic mass is 10.00. The van der Waals surface area contributed by atoms with Crippen molar-refractivity contribution in [3.05, 3.63) is 35.4 Å². The zero-order chi connectivity index (χ0) is 12.9. The lowest BCUT2D eigenvalue weighted by Crippen LogP contribution is -2.20. The molecule has 0 bridgehead atoms. The lowest BCUT2D eigenvalue weighted by Gasteiger charge is -2.15. The smallest absolute Gasteiger partial charge is 0.372 e. The molecule has 0 saturated carbocycles. The number of benzene rings is 1. The minimum absolute atomic E-state index is 0.00894. The highest BCUT2D eigenvalue weighted by molar-refractivity contribution is 5.28. The van der Waals surface area contributed by atoms with E-state index < -0.39 is 12.8 Å². The predicted octanol–water partition coefficient (Wildman–Crippen LogP) is 2.96. The third-order valence-electron chi connectivity index (χ3n) is 2.43. The fraction of sp³-hybridized carbons (Fsp3) is 0.500. The largest absolute Gasteiger partial charge is 0.411 e. The summed E-state index contributed by atoms with van der Waals surface area (Å²) in [4.78, 5) is 0. The van der Waals surface area contributed by atoms with E-state index in [4.69, 9.17) is 5.73 Å². The Morgan fingerprint density at radius 1 is 1.29 bits per heavy atom. The number of hydrogen-bond acceptors (Lipinski definition) is 2. The molecule has 17 heavy (non-hydrogen) atoms. The molecule has 2 N–H and O–H groups in total. The first kappa shape index (κ1) is 14.0. The third kappa shape index (κ3) is 5.19. The second kappa shape index (κ2) is 6.02. The normalized spacial score (nSPS) is 13.7. The molecule has 0 heterocycles. The topological polar surface area (TPSA) is 35.2 Å².